The Kier molecular flexibility index (Phi) is 2.77. The van der Waals surface area contributed by atoms with Crippen LogP contribution in [0.2, 0.25) is 0 Å². The highest BCUT2D eigenvalue weighted by Crippen LogP contribution is 2.29. The standard InChI is InChI=1S/C15H12N6O2/c1-8-11(9-5-3-2-4-6-9)13-16-7-10-12(21(13)20-8)17-15(23)19-18-14(10)22/h2-7H,1H3,(H,18,22)(H2,17,19,23). The third-order valence-electron chi connectivity index (χ3n) is 3.65. The fraction of sp³-hybridized carbons (Fsp3) is 0.0667. The molecule has 114 valence electrons. The lowest BCUT2D eigenvalue weighted by atomic mass is 10.1. The number of hydrogen-bond acceptors (Lipinski definition) is 4. The number of aryl methyl sites for hydroxylation is 1. The number of hydrogen-bond donors (Lipinski definition) is 3. The van der Waals surface area contributed by atoms with Gasteiger partial charge in [0.2, 0.25) is 0 Å². The molecule has 0 saturated heterocycles. The van der Waals surface area contributed by atoms with Crippen LogP contribution in [0.4, 0.5) is 10.6 Å². The van der Waals surface area contributed by atoms with E-state index in [1.54, 1.807) is 0 Å². The summed E-state index contributed by atoms with van der Waals surface area (Å²) in [4.78, 5) is 28.1. The van der Waals surface area contributed by atoms with Gasteiger partial charge >= 0.3 is 6.03 Å². The molecule has 0 saturated carbocycles. The van der Waals surface area contributed by atoms with Gasteiger partial charge in [-0.05, 0) is 12.5 Å². The van der Waals surface area contributed by atoms with E-state index in [4.69, 9.17) is 0 Å². The van der Waals surface area contributed by atoms with Crippen molar-refractivity contribution in [3.8, 4) is 11.1 Å². The van der Waals surface area contributed by atoms with E-state index in [0.717, 1.165) is 16.8 Å². The Morgan fingerprint density at radius 1 is 1.09 bits per heavy atom. The first-order valence-electron chi connectivity index (χ1n) is 6.96. The zero-order chi connectivity index (χ0) is 16.0. The maximum Gasteiger partial charge on any atom is 0.339 e. The van der Waals surface area contributed by atoms with Crippen molar-refractivity contribution in [3.63, 3.8) is 0 Å². The first kappa shape index (κ1) is 13.3. The van der Waals surface area contributed by atoms with E-state index < -0.39 is 11.9 Å². The van der Waals surface area contributed by atoms with Gasteiger partial charge in [-0.1, -0.05) is 30.3 Å². The summed E-state index contributed by atoms with van der Waals surface area (Å²) >= 11 is 0. The van der Waals surface area contributed by atoms with Crippen molar-refractivity contribution in [2.45, 2.75) is 6.92 Å². The number of fused-ring (bicyclic) bond motifs is 3. The third kappa shape index (κ3) is 2.00. The molecule has 8 nitrogen and oxygen atoms in total. The lowest BCUT2D eigenvalue weighted by Gasteiger charge is -2.06. The van der Waals surface area contributed by atoms with E-state index >= 15 is 0 Å². The van der Waals surface area contributed by atoms with E-state index in [1.165, 1.54) is 10.7 Å². The highest BCUT2D eigenvalue weighted by molar-refractivity contribution is 6.06. The average Bonchev–Trinajstić information content (AvgIpc) is 2.82. The number of nitrogens with zero attached hydrogens (tertiary/aromatic N) is 3. The summed E-state index contributed by atoms with van der Waals surface area (Å²) in [7, 11) is 0. The SMILES string of the molecule is Cc1nn2c3c(cnc2c1-c1ccccc1)C(=O)NNC(=O)N3. The van der Waals surface area contributed by atoms with Gasteiger partial charge in [-0.3, -0.25) is 15.5 Å². The van der Waals surface area contributed by atoms with E-state index in [-0.39, 0.29) is 11.4 Å². The van der Waals surface area contributed by atoms with Crippen LogP contribution in [-0.2, 0) is 0 Å². The quantitative estimate of drug-likeness (QED) is 0.634. The summed E-state index contributed by atoms with van der Waals surface area (Å²) in [5, 5.41) is 7.06. The van der Waals surface area contributed by atoms with E-state index in [0.29, 0.717) is 5.65 Å². The van der Waals surface area contributed by atoms with Gasteiger partial charge in [0.25, 0.3) is 5.91 Å². The summed E-state index contributed by atoms with van der Waals surface area (Å²) < 4.78 is 1.48. The molecule has 0 spiro atoms. The zero-order valence-corrected chi connectivity index (χ0v) is 12.1. The Hall–Kier alpha value is -3.42. The molecule has 3 amide bonds. The number of carbonyl (C=O) groups excluding carboxylic acids is 2. The van der Waals surface area contributed by atoms with Gasteiger partial charge in [-0.15, -0.1) is 0 Å². The topological polar surface area (TPSA) is 100 Å². The fourth-order valence-corrected chi connectivity index (χ4v) is 2.64. The number of carbonyl (C=O) groups is 2. The van der Waals surface area contributed by atoms with Crippen LogP contribution in [0.25, 0.3) is 16.8 Å². The Morgan fingerprint density at radius 3 is 2.65 bits per heavy atom. The summed E-state index contributed by atoms with van der Waals surface area (Å²) in [5.74, 6) is -0.171. The fourth-order valence-electron chi connectivity index (χ4n) is 2.64. The molecule has 1 aliphatic heterocycles. The third-order valence-corrected chi connectivity index (χ3v) is 3.65. The normalized spacial score (nSPS) is 13.8. The predicted octanol–water partition coefficient (Wildman–Crippen LogP) is 1.48. The summed E-state index contributed by atoms with van der Waals surface area (Å²) in [5.41, 5.74) is 7.92. The second-order valence-electron chi connectivity index (χ2n) is 5.12. The zero-order valence-electron chi connectivity index (χ0n) is 12.1. The Morgan fingerprint density at radius 2 is 1.87 bits per heavy atom. The summed E-state index contributed by atoms with van der Waals surface area (Å²) in [6.07, 6.45) is 1.43. The molecule has 3 aromatic rings. The smallest absolute Gasteiger partial charge is 0.290 e. The number of benzene rings is 1. The molecular weight excluding hydrogens is 296 g/mol. The Balaban J connectivity index is 2.02. The van der Waals surface area contributed by atoms with Crippen LogP contribution >= 0.6 is 0 Å². The molecule has 8 heteroatoms. The summed E-state index contributed by atoms with van der Waals surface area (Å²) in [6, 6.07) is 9.18. The molecule has 0 bridgehead atoms. The highest BCUT2D eigenvalue weighted by atomic mass is 16.2. The minimum absolute atomic E-state index is 0.234. The molecule has 0 unspecified atom stereocenters. The van der Waals surface area contributed by atoms with Gasteiger partial charge in [0, 0.05) is 11.8 Å². The summed E-state index contributed by atoms with van der Waals surface area (Å²) in [6.45, 7) is 1.86. The molecule has 0 atom stereocenters. The molecule has 0 aliphatic carbocycles. The van der Waals surface area contributed by atoms with E-state index in [1.807, 2.05) is 37.3 Å². The van der Waals surface area contributed by atoms with Crippen LogP contribution in [0.5, 0.6) is 0 Å². The molecule has 2 aromatic heterocycles. The molecule has 3 N–H and O–H groups in total. The van der Waals surface area contributed by atoms with Crippen molar-refractivity contribution >= 4 is 23.4 Å². The molecule has 0 radical (unpaired) electrons. The maximum atomic E-state index is 12.0. The Bertz CT molecular complexity index is 948. The molecule has 23 heavy (non-hydrogen) atoms. The van der Waals surface area contributed by atoms with Gasteiger partial charge in [0.15, 0.2) is 11.5 Å². The van der Waals surface area contributed by atoms with Crippen molar-refractivity contribution < 1.29 is 9.59 Å². The molecular formula is C15H12N6O2. The first-order chi connectivity index (χ1) is 11.1. The monoisotopic (exact) mass is 308 g/mol. The van der Waals surface area contributed by atoms with Crippen LogP contribution in [0.1, 0.15) is 16.1 Å². The number of hydrazine groups is 1. The number of rotatable bonds is 1. The number of urea groups is 1. The number of aromatic nitrogens is 3. The second kappa shape index (κ2) is 4.80. The van der Waals surface area contributed by atoms with Gasteiger partial charge < -0.3 is 0 Å². The van der Waals surface area contributed by atoms with E-state index in [9.17, 15) is 9.59 Å². The molecule has 1 aromatic carbocycles. The first-order valence-corrected chi connectivity index (χ1v) is 6.96. The van der Waals surface area contributed by atoms with Crippen LogP contribution in [0, 0.1) is 6.92 Å². The van der Waals surface area contributed by atoms with Crippen molar-refractivity contribution in [1.29, 1.82) is 0 Å². The van der Waals surface area contributed by atoms with E-state index in [2.05, 4.69) is 26.3 Å². The molecule has 0 fully saturated rings. The average molecular weight is 308 g/mol. The minimum atomic E-state index is -0.543. The molecule has 1 aliphatic rings. The van der Waals surface area contributed by atoms with Crippen LogP contribution in [-0.4, -0.2) is 26.5 Å². The largest absolute Gasteiger partial charge is 0.339 e. The second-order valence-corrected chi connectivity index (χ2v) is 5.12. The van der Waals surface area contributed by atoms with Gasteiger partial charge in [0.1, 0.15) is 5.56 Å². The van der Waals surface area contributed by atoms with Crippen molar-refractivity contribution in [3.05, 3.63) is 47.8 Å². The maximum absolute atomic E-state index is 12.0. The van der Waals surface area contributed by atoms with Crippen molar-refractivity contribution in [2.75, 3.05) is 5.32 Å². The van der Waals surface area contributed by atoms with Crippen molar-refractivity contribution in [2.24, 2.45) is 0 Å². The number of anilines is 1. The van der Waals surface area contributed by atoms with Gasteiger partial charge in [0.05, 0.1) is 5.69 Å². The van der Waals surface area contributed by atoms with Gasteiger partial charge in [-0.25, -0.2) is 15.2 Å². The van der Waals surface area contributed by atoms with Crippen LogP contribution in [0.3, 0.4) is 0 Å². The van der Waals surface area contributed by atoms with Crippen LogP contribution < -0.4 is 16.2 Å². The molecule has 3 heterocycles. The van der Waals surface area contributed by atoms with Crippen molar-refractivity contribution in [1.82, 2.24) is 25.4 Å². The lowest BCUT2D eigenvalue weighted by molar-refractivity contribution is 0.0940. The molecule has 4 rings (SSSR count). The number of nitrogens with one attached hydrogen (secondary N) is 3. The lowest BCUT2D eigenvalue weighted by Crippen LogP contribution is -2.40. The highest BCUT2D eigenvalue weighted by Gasteiger charge is 2.24. The predicted molar refractivity (Wildman–Crippen MR) is 82.8 cm³/mol. The van der Waals surface area contributed by atoms with Gasteiger partial charge in [-0.2, -0.15) is 9.61 Å². The minimum Gasteiger partial charge on any atom is -0.290 e. The van der Waals surface area contributed by atoms with Crippen LogP contribution in [0.15, 0.2) is 36.5 Å². The Labute approximate surface area is 130 Å². The number of amides is 3.